The van der Waals surface area contributed by atoms with Crippen LogP contribution in [0.4, 0.5) is 5.95 Å². The molecular weight excluding hydrogens is 218 g/mol. The molecule has 2 aromatic rings. The van der Waals surface area contributed by atoms with Gasteiger partial charge in [-0.1, -0.05) is 11.6 Å². The number of hydrogen-bond acceptors (Lipinski definition) is 4. The van der Waals surface area contributed by atoms with Crippen LogP contribution in [0.5, 0.6) is 0 Å². The van der Waals surface area contributed by atoms with Gasteiger partial charge in [0.1, 0.15) is 9.98 Å². The van der Waals surface area contributed by atoms with Crippen molar-refractivity contribution in [2.24, 2.45) is 0 Å². The van der Waals surface area contributed by atoms with Crippen molar-refractivity contribution >= 4 is 39.1 Å². The lowest BCUT2D eigenvalue weighted by Gasteiger charge is -2.02. The highest BCUT2D eigenvalue weighted by Gasteiger charge is 2.22. The third-order valence-electron chi connectivity index (χ3n) is 2.19. The zero-order valence-electron chi connectivity index (χ0n) is 7.33. The van der Waals surface area contributed by atoms with Crippen LogP contribution in [0.25, 0.3) is 10.2 Å². The smallest absolute Gasteiger partial charge is 0.225 e. The second-order valence-corrected chi connectivity index (χ2v) is 4.65. The summed E-state index contributed by atoms with van der Waals surface area (Å²) in [7, 11) is 0. The molecule has 14 heavy (non-hydrogen) atoms. The average Bonchev–Trinajstić information content (AvgIpc) is 2.82. The van der Waals surface area contributed by atoms with Crippen molar-refractivity contribution in [3.63, 3.8) is 0 Å². The van der Waals surface area contributed by atoms with Gasteiger partial charge in [-0.05, 0) is 24.3 Å². The molecule has 3 rings (SSSR count). The summed E-state index contributed by atoms with van der Waals surface area (Å²) < 4.78 is 0. The summed E-state index contributed by atoms with van der Waals surface area (Å²) in [6.45, 7) is 0. The van der Waals surface area contributed by atoms with Crippen molar-refractivity contribution in [1.29, 1.82) is 0 Å². The van der Waals surface area contributed by atoms with Crippen molar-refractivity contribution in [2.75, 3.05) is 5.32 Å². The van der Waals surface area contributed by atoms with Gasteiger partial charge in [0.15, 0.2) is 0 Å². The van der Waals surface area contributed by atoms with Crippen LogP contribution in [0.2, 0.25) is 5.15 Å². The van der Waals surface area contributed by atoms with Crippen molar-refractivity contribution in [1.82, 2.24) is 9.97 Å². The van der Waals surface area contributed by atoms with Gasteiger partial charge in [0.2, 0.25) is 5.95 Å². The minimum Gasteiger partial charge on any atom is -0.351 e. The molecule has 0 radical (unpaired) electrons. The number of hydrogen-bond donors (Lipinski definition) is 1. The Hall–Kier alpha value is -0.870. The van der Waals surface area contributed by atoms with Gasteiger partial charge in [-0.3, -0.25) is 0 Å². The van der Waals surface area contributed by atoms with Gasteiger partial charge in [-0.25, -0.2) is 9.97 Å². The second-order valence-electron chi connectivity index (χ2n) is 3.40. The van der Waals surface area contributed by atoms with Crippen molar-refractivity contribution < 1.29 is 0 Å². The summed E-state index contributed by atoms with van der Waals surface area (Å²) in [5.74, 6) is 0.660. The summed E-state index contributed by atoms with van der Waals surface area (Å²) >= 11 is 7.61. The second kappa shape index (κ2) is 3.07. The Morgan fingerprint density at radius 1 is 1.43 bits per heavy atom. The number of anilines is 1. The van der Waals surface area contributed by atoms with E-state index in [0.717, 1.165) is 10.2 Å². The molecule has 0 aromatic carbocycles. The molecule has 0 spiro atoms. The molecule has 5 heteroatoms. The summed E-state index contributed by atoms with van der Waals surface area (Å²) in [5.41, 5.74) is 0. The van der Waals surface area contributed by atoms with Crippen LogP contribution in [0.3, 0.4) is 0 Å². The largest absolute Gasteiger partial charge is 0.351 e. The maximum atomic E-state index is 6.02. The van der Waals surface area contributed by atoms with Gasteiger partial charge < -0.3 is 5.32 Å². The third kappa shape index (κ3) is 1.44. The van der Waals surface area contributed by atoms with Crippen LogP contribution in [0.15, 0.2) is 11.4 Å². The number of rotatable bonds is 2. The third-order valence-corrected chi connectivity index (χ3v) is 3.28. The summed E-state index contributed by atoms with van der Waals surface area (Å²) in [6, 6.07) is 2.51. The molecule has 2 heterocycles. The Balaban J connectivity index is 2.06. The van der Waals surface area contributed by atoms with E-state index in [1.54, 1.807) is 11.3 Å². The Bertz CT molecular complexity index is 478. The number of nitrogens with one attached hydrogen (secondary N) is 1. The van der Waals surface area contributed by atoms with Crippen LogP contribution in [-0.4, -0.2) is 16.0 Å². The Kier molecular flexibility index (Phi) is 1.85. The van der Waals surface area contributed by atoms with Gasteiger partial charge in [0, 0.05) is 11.4 Å². The first-order valence-electron chi connectivity index (χ1n) is 4.50. The topological polar surface area (TPSA) is 37.8 Å². The lowest BCUT2D eigenvalue weighted by molar-refractivity contribution is 1.07. The SMILES string of the molecule is Clc1nc(NC2CC2)nc2sccc12. The van der Waals surface area contributed by atoms with E-state index in [2.05, 4.69) is 15.3 Å². The molecule has 1 fully saturated rings. The van der Waals surface area contributed by atoms with E-state index in [1.807, 2.05) is 11.4 Å². The quantitative estimate of drug-likeness (QED) is 0.799. The molecule has 0 saturated heterocycles. The van der Waals surface area contributed by atoms with Crippen LogP contribution in [0, 0.1) is 0 Å². The van der Waals surface area contributed by atoms with Crippen LogP contribution in [0.1, 0.15) is 12.8 Å². The van der Waals surface area contributed by atoms with E-state index in [0.29, 0.717) is 17.1 Å². The van der Waals surface area contributed by atoms with E-state index in [9.17, 15) is 0 Å². The molecule has 2 aromatic heterocycles. The number of nitrogens with zero attached hydrogens (tertiary/aromatic N) is 2. The molecule has 0 aliphatic heterocycles. The van der Waals surface area contributed by atoms with E-state index >= 15 is 0 Å². The molecule has 1 N–H and O–H groups in total. The predicted octanol–water partition coefficient (Wildman–Crippen LogP) is 2.92. The van der Waals surface area contributed by atoms with Crippen LogP contribution in [-0.2, 0) is 0 Å². The van der Waals surface area contributed by atoms with Crippen LogP contribution < -0.4 is 5.32 Å². The fourth-order valence-electron chi connectivity index (χ4n) is 1.29. The minimum atomic E-state index is 0.541. The molecule has 0 amide bonds. The predicted molar refractivity (Wildman–Crippen MR) is 59.1 cm³/mol. The monoisotopic (exact) mass is 225 g/mol. The van der Waals surface area contributed by atoms with Gasteiger partial charge in [-0.15, -0.1) is 11.3 Å². The Morgan fingerprint density at radius 3 is 3.07 bits per heavy atom. The molecule has 1 aliphatic carbocycles. The zero-order valence-corrected chi connectivity index (χ0v) is 8.90. The maximum absolute atomic E-state index is 6.02. The fourth-order valence-corrected chi connectivity index (χ4v) is 2.35. The van der Waals surface area contributed by atoms with Crippen molar-refractivity contribution in [2.45, 2.75) is 18.9 Å². The average molecular weight is 226 g/mol. The van der Waals surface area contributed by atoms with Gasteiger partial charge in [0.05, 0.1) is 0 Å². The molecule has 0 unspecified atom stereocenters. The Labute approximate surface area is 90.1 Å². The summed E-state index contributed by atoms with van der Waals surface area (Å²) in [5, 5.41) is 6.70. The number of aromatic nitrogens is 2. The first-order valence-corrected chi connectivity index (χ1v) is 5.76. The van der Waals surface area contributed by atoms with Crippen molar-refractivity contribution in [3.8, 4) is 0 Å². The minimum absolute atomic E-state index is 0.541. The lowest BCUT2D eigenvalue weighted by Crippen LogP contribution is -2.04. The molecule has 1 aliphatic rings. The highest BCUT2D eigenvalue weighted by molar-refractivity contribution is 7.16. The number of fused-ring (bicyclic) bond motifs is 1. The number of thiophene rings is 1. The van der Waals surface area contributed by atoms with Crippen molar-refractivity contribution in [3.05, 3.63) is 16.6 Å². The first kappa shape index (κ1) is 8.44. The number of halogens is 1. The highest BCUT2D eigenvalue weighted by Crippen LogP contribution is 2.28. The standard InChI is InChI=1S/C9H8ClN3S/c10-7-6-3-4-14-8(6)13-9(12-7)11-5-1-2-5/h3-5H,1-2H2,(H,11,12,13). The Morgan fingerprint density at radius 2 is 2.29 bits per heavy atom. The molecular formula is C9H8ClN3S. The summed E-state index contributed by atoms with van der Waals surface area (Å²) in [4.78, 5) is 9.54. The first-order chi connectivity index (χ1) is 6.83. The summed E-state index contributed by atoms with van der Waals surface area (Å²) in [6.07, 6.45) is 2.42. The van der Waals surface area contributed by atoms with Gasteiger partial charge in [0.25, 0.3) is 0 Å². The van der Waals surface area contributed by atoms with Gasteiger partial charge >= 0.3 is 0 Å². The fraction of sp³-hybridized carbons (Fsp3) is 0.333. The van der Waals surface area contributed by atoms with E-state index in [1.165, 1.54) is 12.8 Å². The molecule has 72 valence electrons. The van der Waals surface area contributed by atoms with Gasteiger partial charge in [-0.2, -0.15) is 0 Å². The molecule has 0 bridgehead atoms. The molecule has 1 saturated carbocycles. The van der Waals surface area contributed by atoms with Crippen LogP contribution >= 0.6 is 22.9 Å². The normalized spacial score (nSPS) is 16.1. The maximum Gasteiger partial charge on any atom is 0.225 e. The zero-order chi connectivity index (χ0) is 9.54. The molecule has 3 nitrogen and oxygen atoms in total. The lowest BCUT2D eigenvalue weighted by atomic mass is 10.4. The molecule has 0 atom stereocenters. The van der Waals surface area contributed by atoms with E-state index in [4.69, 9.17) is 11.6 Å². The van der Waals surface area contributed by atoms with E-state index in [-0.39, 0.29) is 0 Å². The van der Waals surface area contributed by atoms with E-state index < -0.39 is 0 Å². The highest BCUT2D eigenvalue weighted by atomic mass is 35.5.